The number of alkyl halides is 3. The lowest BCUT2D eigenvalue weighted by Gasteiger charge is -2.17. The van der Waals surface area contributed by atoms with Crippen LogP contribution in [0.1, 0.15) is 42.0 Å². The molecule has 1 spiro atoms. The Kier molecular flexibility index (Phi) is 6.18. The Bertz CT molecular complexity index is 1180. The van der Waals surface area contributed by atoms with Gasteiger partial charge in [0.05, 0.1) is 5.56 Å². The van der Waals surface area contributed by atoms with Gasteiger partial charge >= 0.3 is 6.18 Å². The highest BCUT2D eigenvalue weighted by Crippen LogP contribution is 2.65. The number of hydrogen-bond donors (Lipinski definition) is 0. The SMILES string of the molecule is Cc1ncccc1-c1nnc(SCCCN2CCC3(C[C@H]3c3ccccc3C(F)(F)F)C2)n1C. The van der Waals surface area contributed by atoms with Crippen molar-refractivity contribution in [3.8, 4) is 11.4 Å². The first-order chi connectivity index (χ1) is 16.3. The summed E-state index contributed by atoms with van der Waals surface area (Å²) in [4.78, 5) is 6.75. The molecular weight excluding hydrogens is 459 g/mol. The van der Waals surface area contributed by atoms with Crippen molar-refractivity contribution in [1.29, 1.82) is 0 Å². The van der Waals surface area contributed by atoms with E-state index in [-0.39, 0.29) is 11.3 Å². The molecule has 0 amide bonds. The van der Waals surface area contributed by atoms with Gasteiger partial charge in [-0.25, -0.2) is 0 Å². The summed E-state index contributed by atoms with van der Waals surface area (Å²) in [6.45, 7) is 4.77. The van der Waals surface area contributed by atoms with Crippen LogP contribution in [0.3, 0.4) is 0 Å². The summed E-state index contributed by atoms with van der Waals surface area (Å²) in [6.07, 6.45) is 0.325. The molecule has 1 saturated heterocycles. The molecule has 1 aliphatic carbocycles. The van der Waals surface area contributed by atoms with Crippen LogP contribution in [0.15, 0.2) is 47.8 Å². The number of aryl methyl sites for hydroxylation is 1. The number of pyridine rings is 1. The highest BCUT2D eigenvalue weighted by molar-refractivity contribution is 7.99. The third-order valence-corrected chi connectivity index (χ3v) is 8.33. The van der Waals surface area contributed by atoms with Gasteiger partial charge in [0.25, 0.3) is 0 Å². The summed E-state index contributed by atoms with van der Waals surface area (Å²) in [5.41, 5.74) is 1.95. The summed E-state index contributed by atoms with van der Waals surface area (Å²) in [7, 11) is 1.97. The number of thioether (sulfide) groups is 1. The van der Waals surface area contributed by atoms with Gasteiger partial charge in [0.15, 0.2) is 11.0 Å². The lowest BCUT2D eigenvalue weighted by Crippen LogP contribution is -2.23. The summed E-state index contributed by atoms with van der Waals surface area (Å²) in [5.74, 6) is 1.76. The van der Waals surface area contributed by atoms with E-state index in [4.69, 9.17) is 0 Å². The minimum absolute atomic E-state index is 0.0224. The van der Waals surface area contributed by atoms with E-state index in [9.17, 15) is 13.2 Å². The fraction of sp³-hybridized carbons (Fsp3) is 0.480. The van der Waals surface area contributed by atoms with Gasteiger partial charge in [-0.1, -0.05) is 30.0 Å². The second-order valence-corrected chi connectivity index (χ2v) is 10.5. The van der Waals surface area contributed by atoms with Crippen molar-refractivity contribution in [2.45, 2.75) is 43.4 Å². The number of benzene rings is 1. The first kappa shape index (κ1) is 23.4. The van der Waals surface area contributed by atoms with Crippen molar-refractivity contribution in [3.63, 3.8) is 0 Å². The minimum atomic E-state index is -4.29. The molecule has 1 unspecified atom stereocenters. The third kappa shape index (κ3) is 4.47. The van der Waals surface area contributed by atoms with Crippen LogP contribution in [0.5, 0.6) is 0 Å². The molecule has 3 aromatic rings. The van der Waals surface area contributed by atoms with E-state index >= 15 is 0 Å². The van der Waals surface area contributed by atoms with Gasteiger partial charge in [-0.15, -0.1) is 10.2 Å². The molecule has 34 heavy (non-hydrogen) atoms. The zero-order valence-corrected chi connectivity index (χ0v) is 20.2. The number of hydrogen-bond acceptors (Lipinski definition) is 5. The number of likely N-dealkylation sites (tertiary alicyclic amines) is 1. The minimum Gasteiger partial charge on any atom is -0.305 e. The van der Waals surface area contributed by atoms with E-state index in [0.29, 0.717) is 5.56 Å². The Morgan fingerprint density at radius 3 is 2.76 bits per heavy atom. The largest absolute Gasteiger partial charge is 0.416 e. The van der Waals surface area contributed by atoms with Crippen LogP contribution in [-0.2, 0) is 13.2 Å². The van der Waals surface area contributed by atoms with E-state index in [1.165, 1.54) is 12.1 Å². The molecule has 180 valence electrons. The van der Waals surface area contributed by atoms with Gasteiger partial charge in [0.1, 0.15) is 0 Å². The van der Waals surface area contributed by atoms with Crippen LogP contribution < -0.4 is 0 Å². The number of nitrogens with zero attached hydrogens (tertiary/aromatic N) is 5. The number of rotatable bonds is 7. The Morgan fingerprint density at radius 2 is 1.97 bits per heavy atom. The highest BCUT2D eigenvalue weighted by atomic mass is 32.2. The molecule has 2 aliphatic rings. The van der Waals surface area contributed by atoms with E-state index in [0.717, 1.165) is 66.9 Å². The Balaban J connectivity index is 1.13. The fourth-order valence-electron chi connectivity index (χ4n) is 5.32. The molecule has 9 heteroatoms. The molecule has 5 rings (SSSR count). The van der Waals surface area contributed by atoms with Gasteiger partial charge < -0.3 is 9.47 Å². The number of halogens is 3. The second-order valence-electron chi connectivity index (χ2n) is 9.43. The molecule has 3 heterocycles. The monoisotopic (exact) mass is 487 g/mol. The lowest BCUT2D eigenvalue weighted by atomic mass is 9.95. The Morgan fingerprint density at radius 1 is 1.15 bits per heavy atom. The standard InChI is InChI=1S/C25H28F3N5S/c1-17-18(8-5-11-29-17)22-30-31-23(32(22)2)34-14-6-12-33-13-10-24(16-33)15-21(24)19-7-3-4-9-20(19)25(26,27)28/h3-5,7-9,11,21H,6,10,12-16H2,1-2H3/t21-,24?/m0/s1. The van der Waals surface area contributed by atoms with Crippen molar-refractivity contribution in [2.24, 2.45) is 12.5 Å². The van der Waals surface area contributed by atoms with E-state index in [2.05, 4.69) is 20.1 Å². The molecule has 2 fully saturated rings. The number of aromatic nitrogens is 4. The summed E-state index contributed by atoms with van der Waals surface area (Å²) < 4.78 is 42.4. The molecular formula is C25H28F3N5S. The topological polar surface area (TPSA) is 46.8 Å². The van der Waals surface area contributed by atoms with Crippen molar-refractivity contribution >= 4 is 11.8 Å². The van der Waals surface area contributed by atoms with Gasteiger partial charge in [0, 0.05) is 36.8 Å². The van der Waals surface area contributed by atoms with Gasteiger partial charge in [-0.2, -0.15) is 13.2 Å². The zero-order chi connectivity index (χ0) is 23.9. The van der Waals surface area contributed by atoms with Crippen molar-refractivity contribution < 1.29 is 13.2 Å². The Hall–Kier alpha value is -2.39. The summed E-state index contributed by atoms with van der Waals surface area (Å²) >= 11 is 1.69. The second kappa shape index (κ2) is 9.00. The quantitative estimate of drug-likeness (QED) is 0.322. The zero-order valence-electron chi connectivity index (χ0n) is 19.3. The van der Waals surface area contributed by atoms with Crippen LogP contribution in [0.2, 0.25) is 0 Å². The molecule has 1 aliphatic heterocycles. The predicted octanol–water partition coefficient (Wildman–Crippen LogP) is 5.57. The first-order valence-corrected chi connectivity index (χ1v) is 12.6. The average molecular weight is 488 g/mol. The van der Waals surface area contributed by atoms with E-state index in [1.54, 1.807) is 30.1 Å². The van der Waals surface area contributed by atoms with Gasteiger partial charge in [0.2, 0.25) is 0 Å². The van der Waals surface area contributed by atoms with Crippen LogP contribution in [0.4, 0.5) is 13.2 Å². The van der Waals surface area contributed by atoms with Gasteiger partial charge in [-0.05, 0) is 74.4 Å². The molecule has 0 bridgehead atoms. The van der Waals surface area contributed by atoms with Crippen molar-refractivity contribution in [3.05, 3.63) is 59.4 Å². The maximum Gasteiger partial charge on any atom is 0.416 e. The van der Waals surface area contributed by atoms with Crippen molar-refractivity contribution in [1.82, 2.24) is 24.6 Å². The average Bonchev–Trinajstić information content (AvgIpc) is 3.15. The van der Waals surface area contributed by atoms with Crippen LogP contribution in [-0.4, -0.2) is 50.0 Å². The first-order valence-electron chi connectivity index (χ1n) is 11.6. The fourth-order valence-corrected chi connectivity index (χ4v) is 6.15. The van der Waals surface area contributed by atoms with E-state index < -0.39 is 11.7 Å². The normalized spacial score (nSPS) is 22.6. The lowest BCUT2D eigenvalue weighted by molar-refractivity contribution is -0.138. The van der Waals surface area contributed by atoms with Gasteiger partial charge in [-0.3, -0.25) is 4.98 Å². The molecule has 1 aromatic carbocycles. The van der Waals surface area contributed by atoms with Crippen LogP contribution in [0, 0.1) is 12.3 Å². The molecule has 2 atom stereocenters. The maximum absolute atomic E-state index is 13.5. The molecule has 2 aromatic heterocycles. The molecule has 0 radical (unpaired) electrons. The highest BCUT2D eigenvalue weighted by Gasteiger charge is 2.59. The Labute approximate surface area is 201 Å². The molecule has 5 nitrogen and oxygen atoms in total. The van der Waals surface area contributed by atoms with E-state index in [1.807, 2.05) is 30.7 Å². The summed E-state index contributed by atoms with van der Waals surface area (Å²) in [5, 5.41) is 9.58. The smallest absolute Gasteiger partial charge is 0.305 e. The molecule has 0 N–H and O–H groups in total. The summed E-state index contributed by atoms with van der Waals surface area (Å²) in [6, 6.07) is 10.0. The predicted molar refractivity (Wildman–Crippen MR) is 127 cm³/mol. The molecule has 1 saturated carbocycles. The third-order valence-electron chi connectivity index (χ3n) is 7.23. The van der Waals surface area contributed by atoms with Crippen molar-refractivity contribution in [2.75, 3.05) is 25.4 Å². The maximum atomic E-state index is 13.5. The van der Waals surface area contributed by atoms with Crippen LogP contribution >= 0.6 is 11.8 Å². The van der Waals surface area contributed by atoms with Crippen LogP contribution in [0.25, 0.3) is 11.4 Å².